The molecule has 0 fully saturated rings. The van der Waals surface area contributed by atoms with Crippen LogP contribution in [0.2, 0.25) is 0 Å². The average Bonchev–Trinajstić information content (AvgIpc) is 1.97. The van der Waals surface area contributed by atoms with Crippen molar-refractivity contribution in [3.8, 4) is 5.75 Å². The first kappa shape index (κ1) is 7.91. The maximum absolute atomic E-state index is 12.5. The van der Waals surface area contributed by atoms with Crippen LogP contribution in [0.5, 0.6) is 5.75 Å². The van der Waals surface area contributed by atoms with Crippen LogP contribution in [-0.2, 0) is 0 Å². The molecule has 60 valence electrons. The van der Waals surface area contributed by atoms with Crippen molar-refractivity contribution in [1.82, 2.24) is 0 Å². The summed E-state index contributed by atoms with van der Waals surface area (Å²) in [5.41, 5.74) is -0.288. The molecule has 0 bridgehead atoms. The van der Waals surface area contributed by atoms with Gasteiger partial charge in [-0.25, -0.2) is 13.2 Å². The molecule has 4 heteroatoms. The van der Waals surface area contributed by atoms with Crippen molar-refractivity contribution in [2.75, 3.05) is 0 Å². The number of hydrogen-bond donors (Lipinski definition) is 1. The minimum atomic E-state index is -1.56. The lowest BCUT2D eigenvalue weighted by Gasteiger charge is -2.01. The first-order chi connectivity index (χ1) is 5.04. The molecule has 0 radical (unpaired) electrons. The number of benzene rings is 1. The summed E-state index contributed by atoms with van der Waals surface area (Å²) in [7, 11) is 0. The largest absolute Gasteiger partial charge is 0.507 e. The van der Waals surface area contributed by atoms with E-state index in [-0.39, 0.29) is 5.56 Å². The van der Waals surface area contributed by atoms with E-state index >= 15 is 0 Å². The summed E-state index contributed by atoms with van der Waals surface area (Å²) < 4.78 is 37.0. The van der Waals surface area contributed by atoms with Crippen LogP contribution in [-0.4, -0.2) is 5.11 Å². The van der Waals surface area contributed by atoms with Crippen LogP contribution in [0.25, 0.3) is 0 Å². The molecule has 1 aromatic rings. The molecule has 0 aliphatic rings. The lowest BCUT2D eigenvalue weighted by Crippen LogP contribution is -1.93. The highest BCUT2D eigenvalue weighted by Gasteiger charge is 2.14. The molecule has 0 saturated carbocycles. The third-order valence-corrected chi connectivity index (χ3v) is 1.38. The van der Waals surface area contributed by atoms with E-state index < -0.39 is 23.2 Å². The summed E-state index contributed by atoms with van der Waals surface area (Å²) in [6.07, 6.45) is 0. The molecular weight excluding hydrogens is 157 g/mol. The van der Waals surface area contributed by atoms with E-state index in [0.29, 0.717) is 6.07 Å². The highest BCUT2D eigenvalue weighted by molar-refractivity contribution is 5.33. The van der Waals surface area contributed by atoms with Gasteiger partial charge in [-0.05, 0) is 6.92 Å². The molecule has 1 rings (SSSR count). The molecule has 0 spiro atoms. The van der Waals surface area contributed by atoms with Gasteiger partial charge in [-0.15, -0.1) is 0 Å². The predicted octanol–water partition coefficient (Wildman–Crippen LogP) is 2.12. The molecule has 0 atom stereocenters. The third kappa shape index (κ3) is 1.15. The fourth-order valence-corrected chi connectivity index (χ4v) is 0.674. The zero-order valence-electron chi connectivity index (χ0n) is 5.66. The zero-order valence-corrected chi connectivity index (χ0v) is 5.66. The molecule has 1 nitrogen and oxygen atoms in total. The van der Waals surface area contributed by atoms with Crippen molar-refractivity contribution >= 4 is 0 Å². The monoisotopic (exact) mass is 162 g/mol. The molecule has 11 heavy (non-hydrogen) atoms. The maximum atomic E-state index is 12.5. The second-order valence-corrected chi connectivity index (χ2v) is 2.13. The maximum Gasteiger partial charge on any atom is 0.194 e. The van der Waals surface area contributed by atoms with Gasteiger partial charge in [-0.3, -0.25) is 0 Å². The molecule has 0 heterocycles. The second kappa shape index (κ2) is 2.45. The van der Waals surface area contributed by atoms with Crippen molar-refractivity contribution in [1.29, 1.82) is 0 Å². The fraction of sp³-hybridized carbons (Fsp3) is 0.143. The number of phenols is 1. The Balaban J connectivity index is 3.46. The smallest absolute Gasteiger partial charge is 0.194 e. The highest BCUT2D eigenvalue weighted by Crippen LogP contribution is 2.23. The molecule has 0 aromatic heterocycles. The number of halogens is 3. The number of hydrogen-bond acceptors (Lipinski definition) is 1. The Labute approximate surface area is 61.1 Å². The first-order valence-corrected chi connectivity index (χ1v) is 2.87. The van der Waals surface area contributed by atoms with E-state index in [4.69, 9.17) is 5.11 Å². The van der Waals surface area contributed by atoms with Gasteiger partial charge in [0.05, 0.1) is 0 Å². The summed E-state index contributed by atoms with van der Waals surface area (Å²) >= 11 is 0. The van der Waals surface area contributed by atoms with Crippen LogP contribution in [0.1, 0.15) is 5.56 Å². The minimum absolute atomic E-state index is 0.288. The molecular formula is C7H5F3O. The summed E-state index contributed by atoms with van der Waals surface area (Å²) in [5.74, 6) is -4.87. The number of phenolic OH excluding ortho intramolecular Hbond substituents is 1. The Hall–Kier alpha value is -1.19. The van der Waals surface area contributed by atoms with Crippen LogP contribution in [0, 0.1) is 24.4 Å². The van der Waals surface area contributed by atoms with Crippen molar-refractivity contribution in [3.05, 3.63) is 29.1 Å². The second-order valence-electron chi connectivity index (χ2n) is 2.13. The standard InChI is InChI=1S/C7H5F3O/c1-3-5(11)2-4(8)7(10)6(3)9/h2,11H,1H3. The third-order valence-electron chi connectivity index (χ3n) is 1.38. The molecule has 0 amide bonds. The number of rotatable bonds is 0. The van der Waals surface area contributed by atoms with E-state index in [0.717, 1.165) is 6.92 Å². The summed E-state index contributed by atoms with van der Waals surface area (Å²) in [6.45, 7) is 1.16. The van der Waals surface area contributed by atoms with E-state index in [9.17, 15) is 13.2 Å². The van der Waals surface area contributed by atoms with Crippen LogP contribution in [0.4, 0.5) is 13.2 Å². The summed E-state index contributed by atoms with van der Waals surface area (Å²) in [4.78, 5) is 0. The van der Waals surface area contributed by atoms with Crippen LogP contribution in [0.15, 0.2) is 6.07 Å². The van der Waals surface area contributed by atoms with Crippen molar-refractivity contribution in [2.45, 2.75) is 6.92 Å². The van der Waals surface area contributed by atoms with Crippen LogP contribution >= 0.6 is 0 Å². The van der Waals surface area contributed by atoms with E-state index in [1.807, 2.05) is 0 Å². The van der Waals surface area contributed by atoms with Gasteiger partial charge in [0.1, 0.15) is 5.75 Å². The van der Waals surface area contributed by atoms with Gasteiger partial charge in [0.2, 0.25) is 0 Å². The first-order valence-electron chi connectivity index (χ1n) is 2.87. The Bertz CT molecular complexity index is 270. The van der Waals surface area contributed by atoms with Crippen molar-refractivity contribution in [2.24, 2.45) is 0 Å². The van der Waals surface area contributed by atoms with E-state index in [1.54, 1.807) is 0 Å². The summed E-state index contributed by atoms with van der Waals surface area (Å²) in [6, 6.07) is 0.535. The van der Waals surface area contributed by atoms with Gasteiger partial charge in [0.15, 0.2) is 17.5 Å². The predicted molar refractivity (Wildman–Crippen MR) is 32.7 cm³/mol. The Morgan fingerprint density at radius 3 is 2.27 bits per heavy atom. The van der Waals surface area contributed by atoms with Gasteiger partial charge >= 0.3 is 0 Å². The van der Waals surface area contributed by atoms with Gasteiger partial charge < -0.3 is 5.11 Å². The van der Waals surface area contributed by atoms with Gasteiger partial charge in [0, 0.05) is 11.6 Å². The molecule has 0 aliphatic carbocycles. The lowest BCUT2D eigenvalue weighted by atomic mass is 10.2. The Morgan fingerprint density at radius 2 is 1.73 bits per heavy atom. The minimum Gasteiger partial charge on any atom is -0.507 e. The SMILES string of the molecule is Cc1c(O)cc(F)c(F)c1F. The van der Waals surface area contributed by atoms with Gasteiger partial charge in [-0.1, -0.05) is 0 Å². The Morgan fingerprint density at radius 1 is 1.18 bits per heavy atom. The normalized spacial score (nSPS) is 10.2. The van der Waals surface area contributed by atoms with Crippen LogP contribution < -0.4 is 0 Å². The van der Waals surface area contributed by atoms with E-state index in [2.05, 4.69) is 0 Å². The Kier molecular flexibility index (Phi) is 1.76. The highest BCUT2D eigenvalue weighted by atomic mass is 19.2. The molecule has 1 aromatic carbocycles. The fourth-order valence-electron chi connectivity index (χ4n) is 0.674. The van der Waals surface area contributed by atoms with Crippen LogP contribution in [0.3, 0.4) is 0 Å². The molecule has 0 aliphatic heterocycles. The molecule has 0 saturated heterocycles. The summed E-state index contributed by atoms with van der Waals surface area (Å²) in [5, 5.41) is 8.76. The van der Waals surface area contributed by atoms with Crippen molar-refractivity contribution in [3.63, 3.8) is 0 Å². The quantitative estimate of drug-likeness (QED) is 0.579. The molecule has 0 unspecified atom stereocenters. The molecule has 1 N–H and O–H groups in total. The van der Waals surface area contributed by atoms with Gasteiger partial charge in [0.25, 0.3) is 0 Å². The zero-order chi connectivity index (χ0) is 8.59. The van der Waals surface area contributed by atoms with Crippen molar-refractivity contribution < 1.29 is 18.3 Å². The average molecular weight is 162 g/mol. The van der Waals surface area contributed by atoms with E-state index in [1.165, 1.54) is 0 Å². The topological polar surface area (TPSA) is 20.2 Å². The number of aromatic hydroxyl groups is 1. The van der Waals surface area contributed by atoms with Gasteiger partial charge in [-0.2, -0.15) is 0 Å². The lowest BCUT2D eigenvalue weighted by molar-refractivity contribution is 0.413.